The molecular formula is C12H16Br2FN. The molecule has 0 saturated carbocycles. The third-order valence-corrected chi connectivity index (χ3v) is 3.59. The van der Waals surface area contributed by atoms with Crippen LogP contribution in [0.5, 0.6) is 0 Å². The second-order valence-corrected chi connectivity index (χ2v) is 5.36. The topological polar surface area (TPSA) is 12.0 Å². The molecule has 0 aromatic heterocycles. The number of benzene rings is 1. The summed E-state index contributed by atoms with van der Waals surface area (Å²) in [5.74, 6) is -0.212. The molecule has 1 rings (SSSR count). The van der Waals surface area contributed by atoms with E-state index in [0.717, 1.165) is 30.3 Å². The Kier molecular flexibility index (Phi) is 6.54. The average molecular weight is 353 g/mol. The van der Waals surface area contributed by atoms with Crippen molar-refractivity contribution in [2.75, 3.05) is 5.33 Å². The minimum absolute atomic E-state index is 0.212. The lowest BCUT2D eigenvalue weighted by Crippen LogP contribution is -2.28. The minimum Gasteiger partial charge on any atom is -0.310 e. The SMILES string of the molecule is CCC(CCBr)NCc1ccc(F)c(Br)c1. The van der Waals surface area contributed by atoms with E-state index in [0.29, 0.717) is 10.5 Å². The summed E-state index contributed by atoms with van der Waals surface area (Å²) in [5, 5.41) is 4.47. The monoisotopic (exact) mass is 351 g/mol. The van der Waals surface area contributed by atoms with Gasteiger partial charge in [-0.3, -0.25) is 0 Å². The molecule has 0 aliphatic heterocycles. The third-order valence-electron chi connectivity index (χ3n) is 2.53. The lowest BCUT2D eigenvalue weighted by molar-refractivity contribution is 0.487. The highest BCUT2D eigenvalue weighted by Crippen LogP contribution is 2.17. The van der Waals surface area contributed by atoms with E-state index >= 15 is 0 Å². The minimum atomic E-state index is -0.212. The van der Waals surface area contributed by atoms with Gasteiger partial charge in [-0.2, -0.15) is 0 Å². The van der Waals surface area contributed by atoms with Crippen molar-refractivity contribution >= 4 is 31.9 Å². The van der Waals surface area contributed by atoms with Crippen molar-refractivity contribution in [2.24, 2.45) is 0 Å². The summed E-state index contributed by atoms with van der Waals surface area (Å²) in [6.45, 7) is 2.95. The Morgan fingerprint density at radius 2 is 2.19 bits per heavy atom. The normalized spacial score (nSPS) is 12.8. The summed E-state index contributed by atoms with van der Waals surface area (Å²) in [6.07, 6.45) is 2.22. The van der Waals surface area contributed by atoms with Gasteiger partial charge in [-0.1, -0.05) is 28.9 Å². The number of rotatable bonds is 6. The van der Waals surface area contributed by atoms with Gasteiger partial charge in [0.2, 0.25) is 0 Å². The van der Waals surface area contributed by atoms with Gasteiger partial charge in [0.25, 0.3) is 0 Å². The first-order valence-corrected chi connectivity index (χ1v) is 7.32. The second-order valence-electron chi connectivity index (χ2n) is 3.71. The smallest absolute Gasteiger partial charge is 0.137 e. The van der Waals surface area contributed by atoms with Crippen LogP contribution >= 0.6 is 31.9 Å². The fourth-order valence-electron chi connectivity index (χ4n) is 1.49. The first kappa shape index (κ1) is 14.1. The number of nitrogens with one attached hydrogen (secondary N) is 1. The van der Waals surface area contributed by atoms with E-state index in [-0.39, 0.29) is 5.82 Å². The molecule has 1 aromatic carbocycles. The summed E-state index contributed by atoms with van der Waals surface area (Å²) in [4.78, 5) is 0. The van der Waals surface area contributed by atoms with Crippen LogP contribution in [0.3, 0.4) is 0 Å². The van der Waals surface area contributed by atoms with Crippen LogP contribution in [0.4, 0.5) is 4.39 Å². The van der Waals surface area contributed by atoms with Crippen LogP contribution in [0.1, 0.15) is 25.3 Å². The summed E-state index contributed by atoms with van der Waals surface area (Å²) in [6, 6.07) is 5.65. The van der Waals surface area contributed by atoms with Gasteiger partial charge in [-0.05, 0) is 46.5 Å². The van der Waals surface area contributed by atoms with E-state index in [4.69, 9.17) is 0 Å². The zero-order chi connectivity index (χ0) is 12.0. The van der Waals surface area contributed by atoms with Crippen LogP contribution in [-0.2, 0) is 6.54 Å². The van der Waals surface area contributed by atoms with Crippen LogP contribution in [0.2, 0.25) is 0 Å². The highest BCUT2D eigenvalue weighted by atomic mass is 79.9. The van der Waals surface area contributed by atoms with Crippen LogP contribution in [-0.4, -0.2) is 11.4 Å². The van der Waals surface area contributed by atoms with Gasteiger partial charge in [0.1, 0.15) is 5.82 Å². The van der Waals surface area contributed by atoms with Crippen molar-refractivity contribution in [3.8, 4) is 0 Å². The molecule has 1 N–H and O–H groups in total. The molecule has 90 valence electrons. The van der Waals surface area contributed by atoms with Crippen molar-refractivity contribution < 1.29 is 4.39 Å². The molecule has 0 heterocycles. The largest absolute Gasteiger partial charge is 0.310 e. The second kappa shape index (κ2) is 7.41. The Morgan fingerprint density at radius 1 is 1.44 bits per heavy atom. The van der Waals surface area contributed by atoms with Gasteiger partial charge < -0.3 is 5.32 Å². The molecule has 0 aliphatic rings. The molecule has 0 aliphatic carbocycles. The third kappa shape index (κ3) is 4.52. The maximum atomic E-state index is 13.0. The highest BCUT2D eigenvalue weighted by molar-refractivity contribution is 9.10. The first-order valence-electron chi connectivity index (χ1n) is 5.40. The quantitative estimate of drug-likeness (QED) is 0.755. The van der Waals surface area contributed by atoms with Crippen LogP contribution in [0.15, 0.2) is 22.7 Å². The van der Waals surface area contributed by atoms with Gasteiger partial charge in [-0.15, -0.1) is 0 Å². The molecule has 1 aromatic rings. The molecule has 4 heteroatoms. The van der Waals surface area contributed by atoms with Gasteiger partial charge in [-0.25, -0.2) is 4.39 Å². The molecule has 0 spiro atoms. The number of hydrogen-bond acceptors (Lipinski definition) is 1. The van der Waals surface area contributed by atoms with E-state index < -0.39 is 0 Å². The van der Waals surface area contributed by atoms with E-state index in [9.17, 15) is 4.39 Å². The predicted octanol–water partition coefficient (Wildman–Crippen LogP) is 4.24. The summed E-state index contributed by atoms with van der Waals surface area (Å²) in [5.41, 5.74) is 1.10. The first-order chi connectivity index (χ1) is 7.67. The van der Waals surface area contributed by atoms with Gasteiger partial charge in [0.15, 0.2) is 0 Å². The molecule has 0 radical (unpaired) electrons. The van der Waals surface area contributed by atoms with E-state index in [1.807, 2.05) is 12.1 Å². The molecule has 0 bridgehead atoms. The van der Waals surface area contributed by atoms with Gasteiger partial charge >= 0.3 is 0 Å². The van der Waals surface area contributed by atoms with Crippen LogP contribution < -0.4 is 5.32 Å². The maximum absolute atomic E-state index is 13.0. The van der Waals surface area contributed by atoms with E-state index in [2.05, 4.69) is 44.1 Å². The Bertz CT molecular complexity index is 331. The van der Waals surface area contributed by atoms with Gasteiger partial charge in [0.05, 0.1) is 4.47 Å². The average Bonchev–Trinajstić information content (AvgIpc) is 2.28. The van der Waals surface area contributed by atoms with Crippen molar-refractivity contribution in [1.29, 1.82) is 0 Å². The fraction of sp³-hybridized carbons (Fsp3) is 0.500. The predicted molar refractivity (Wildman–Crippen MR) is 73.4 cm³/mol. The fourth-order valence-corrected chi connectivity index (χ4v) is 2.47. The maximum Gasteiger partial charge on any atom is 0.137 e. The Labute approximate surface area is 113 Å². The van der Waals surface area contributed by atoms with Gasteiger partial charge in [0, 0.05) is 17.9 Å². The molecule has 1 nitrogen and oxygen atoms in total. The number of alkyl halides is 1. The Balaban J connectivity index is 2.50. The zero-order valence-electron chi connectivity index (χ0n) is 9.27. The molecule has 0 amide bonds. The molecule has 0 fully saturated rings. The van der Waals surface area contributed by atoms with Crippen molar-refractivity contribution in [3.05, 3.63) is 34.1 Å². The Hall–Kier alpha value is 0.0700. The van der Waals surface area contributed by atoms with Crippen LogP contribution in [0.25, 0.3) is 0 Å². The number of halogens is 3. The molecule has 16 heavy (non-hydrogen) atoms. The standard InChI is InChI=1S/C12H16Br2FN/c1-2-10(5-6-13)16-8-9-3-4-12(15)11(14)7-9/h3-4,7,10,16H,2,5-6,8H2,1H3. The van der Waals surface area contributed by atoms with Crippen molar-refractivity contribution in [3.63, 3.8) is 0 Å². The molecule has 1 unspecified atom stereocenters. The molecule has 0 saturated heterocycles. The lowest BCUT2D eigenvalue weighted by atomic mass is 10.1. The van der Waals surface area contributed by atoms with Crippen molar-refractivity contribution in [2.45, 2.75) is 32.4 Å². The Morgan fingerprint density at radius 3 is 2.75 bits per heavy atom. The zero-order valence-corrected chi connectivity index (χ0v) is 12.4. The lowest BCUT2D eigenvalue weighted by Gasteiger charge is -2.15. The summed E-state index contributed by atoms with van der Waals surface area (Å²) in [7, 11) is 0. The van der Waals surface area contributed by atoms with Crippen LogP contribution in [0, 0.1) is 5.82 Å². The van der Waals surface area contributed by atoms with Crippen molar-refractivity contribution in [1.82, 2.24) is 5.32 Å². The summed E-state index contributed by atoms with van der Waals surface area (Å²) < 4.78 is 13.5. The molecule has 1 atom stereocenters. The molecular weight excluding hydrogens is 337 g/mol. The highest BCUT2D eigenvalue weighted by Gasteiger charge is 2.05. The van der Waals surface area contributed by atoms with E-state index in [1.54, 1.807) is 0 Å². The summed E-state index contributed by atoms with van der Waals surface area (Å²) >= 11 is 6.63. The van der Waals surface area contributed by atoms with E-state index in [1.165, 1.54) is 6.07 Å². The number of hydrogen-bond donors (Lipinski definition) is 1.